The van der Waals surface area contributed by atoms with Crippen molar-refractivity contribution in [1.29, 1.82) is 0 Å². The van der Waals surface area contributed by atoms with Crippen LogP contribution in [0.25, 0.3) is 0 Å². The lowest BCUT2D eigenvalue weighted by Gasteiger charge is -2.60. The van der Waals surface area contributed by atoms with Gasteiger partial charge in [-0.1, -0.05) is 30.3 Å². The zero-order chi connectivity index (χ0) is 21.4. The normalized spacial score (nSPS) is 32.3. The second kappa shape index (κ2) is 8.02. The number of benzene rings is 1. The largest absolute Gasteiger partial charge is 0.469 e. The number of nitrogens with two attached hydrogens (primary N) is 1. The maximum Gasteiger partial charge on any atom is 0.311 e. The minimum atomic E-state index is -0.703. The molecule has 0 heterocycles. The van der Waals surface area contributed by atoms with Crippen molar-refractivity contribution in [2.75, 3.05) is 13.7 Å². The summed E-state index contributed by atoms with van der Waals surface area (Å²) in [6.45, 7) is -0.167. The van der Waals surface area contributed by atoms with Crippen molar-refractivity contribution in [2.45, 2.75) is 56.5 Å². The molecule has 4 saturated carbocycles. The van der Waals surface area contributed by atoms with Gasteiger partial charge >= 0.3 is 5.97 Å². The lowest BCUT2D eigenvalue weighted by molar-refractivity contribution is -0.173. The molecule has 2 amide bonds. The first-order valence-corrected chi connectivity index (χ1v) is 10.8. The van der Waals surface area contributed by atoms with Gasteiger partial charge in [-0.15, -0.1) is 0 Å². The van der Waals surface area contributed by atoms with Gasteiger partial charge in [0.1, 0.15) is 6.04 Å². The Morgan fingerprint density at radius 2 is 1.80 bits per heavy atom. The molecule has 0 radical (unpaired) electrons. The molecule has 30 heavy (non-hydrogen) atoms. The van der Waals surface area contributed by atoms with Crippen LogP contribution in [0.5, 0.6) is 0 Å². The summed E-state index contributed by atoms with van der Waals surface area (Å²) in [7, 11) is 1.45. The van der Waals surface area contributed by atoms with Gasteiger partial charge in [0.05, 0.1) is 19.1 Å². The first-order valence-electron chi connectivity index (χ1n) is 10.8. The summed E-state index contributed by atoms with van der Waals surface area (Å²) in [5.41, 5.74) is 5.55. The van der Waals surface area contributed by atoms with E-state index in [2.05, 4.69) is 10.6 Å². The van der Waals surface area contributed by atoms with Gasteiger partial charge in [0.15, 0.2) is 0 Å². The predicted molar refractivity (Wildman–Crippen MR) is 111 cm³/mol. The maximum absolute atomic E-state index is 13.3. The quantitative estimate of drug-likeness (QED) is 0.584. The molecule has 0 aliphatic heterocycles. The summed E-state index contributed by atoms with van der Waals surface area (Å²) in [6.07, 6.45) is 5.61. The molecule has 5 rings (SSSR count). The standard InChI is InChI=1S/C23H31N3O4/c1-30-21(29)22-9-16-7-17(10-22)12-23(11-16,14-22)26-20(28)18(25-19(27)13-24)8-15-5-3-2-4-6-15/h2-6,16-18H,7-14,24H2,1H3,(H,25,27)(H,26,28)/t16-,17-,18-,22?,23?/m1/s1. The van der Waals surface area contributed by atoms with E-state index in [1.807, 2.05) is 30.3 Å². The van der Waals surface area contributed by atoms with Crippen LogP contribution in [0.2, 0.25) is 0 Å². The van der Waals surface area contributed by atoms with E-state index in [9.17, 15) is 14.4 Å². The first kappa shape index (κ1) is 20.8. The summed E-state index contributed by atoms with van der Waals surface area (Å²) in [6, 6.07) is 8.91. The predicted octanol–water partition coefficient (Wildman–Crippen LogP) is 1.30. The molecule has 7 nitrogen and oxygen atoms in total. The molecule has 4 N–H and O–H groups in total. The van der Waals surface area contributed by atoms with Gasteiger partial charge in [0.2, 0.25) is 11.8 Å². The molecule has 162 valence electrons. The Morgan fingerprint density at radius 3 is 2.40 bits per heavy atom. The van der Waals surface area contributed by atoms with Gasteiger partial charge in [0.25, 0.3) is 0 Å². The average Bonchev–Trinajstić information content (AvgIpc) is 2.71. The van der Waals surface area contributed by atoms with Gasteiger partial charge in [-0.05, 0) is 55.9 Å². The number of carbonyl (C=O) groups is 3. The number of hydrogen-bond acceptors (Lipinski definition) is 5. The Hall–Kier alpha value is -2.41. The molecule has 1 aromatic carbocycles. The minimum Gasteiger partial charge on any atom is -0.469 e. The minimum absolute atomic E-state index is 0.146. The fourth-order valence-corrected chi connectivity index (χ4v) is 6.52. The van der Waals surface area contributed by atoms with Gasteiger partial charge in [0, 0.05) is 12.0 Å². The van der Waals surface area contributed by atoms with Crippen molar-refractivity contribution >= 4 is 17.8 Å². The number of ether oxygens (including phenoxy) is 1. The van der Waals surface area contributed by atoms with E-state index < -0.39 is 17.0 Å². The Bertz CT molecular complexity index is 811. The highest BCUT2D eigenvalue weighted by Gasteiger charge is 2.61. The molecule has 4 bridgehead atoms. The van der Waals surface area contributed by atoms with Crippen LogP contribution in [0.1, 0.15) is 44.1 Å². The zero-order valence-electron chi connectivity index (χ0n) is 17.5. The molecule has 0 saturated heterocycles. The maximum atomic E-state index is 13.3. The van der Waals surface area contributed by atoms with Crippen molar-refractivity contribution in [3.63, 3.8) is 0 Å². The topological polar surface area (TPSA) is 111 Å². The molecule has 4 fully saturated rings. The zero-order valence-corrected chi connectivity index (χ0v) is 17.5. The van der Waals surface area contributed by atoms with Crippen LogP contribution in [0, 0.1) is 17.3 Å². The first-order chi connectivity index (χ1) is 14.4. The summed E-state index contributed by atoms with van der Waals surface area (Å²) in [4.78, 5) is 38.0. The fourth-order valence-electron chi connectivity index (χ4n) is 6.52. The van der Waals surface area contributed by atoms with E-state index in [4.69, 9.17) is 10.5 Å². The molecule has 7 heteroatoms. The van der Waals surface area contributed by atoms with E-state index in [0.29, 0.717) is 24.7 Å². The van der Waals surface area contributed by atoms with Crippen LogP contribution in [0.15, 0.2) is 30.3 Å². The molecule has 3 atom stereocenters. The van der Waals surface area contributed by atoms with E-state index in [0.717, 1.165) is 37.7 Å². The number of methoxy groups -OCH3 is 1. The van der Waals surface area contributed by atoms with Crippen molar-refractivity contribution in [3.05, 3.63) is 35.9 Å². The molecule has 1 aromatic rings. The highest BCUT2D eigenvalue weighted by atomic mass is 16.5. The highest BCUT2D eigenvalue weighted by Crippen LogP contribution is 2.62. The molecule has 4 aliphatic rings. The van der Waals surface area contributed by atoms with Gasteiger partial charge in [-0.2, -0.15) is 0 Å². The third-order valence-electron chi connectivity index (χ3n) is 7.19. The number of amides is 2. The molecule has 0 aromatic heterocycles. The SMILES string of the molecule is COC(=O)C12C[C@H]3C[C@@H](CC(NC(=O)[C@@H](Cc4ccccc4)NC(=O)CN)(C3)C1)C2. The second-order valence-corrected chi connectivity index (χ2v) is 9.52. The Kier molecular flexibility index (Phi) is 5.57. The third-order valence-corrected chi connectivity index (χ3v) is 7.19. The van der Waals surface area contributed by atoms with Crippen molar-refractivity contribution < 1.29 is 19.1 Å². The van der Waals surface area contributed by atoms with Crippen LogP contribution in [0.4, 0.5) is 0 Å². The number of esters is 1. The monoisotopic (exact) mass is 413 g/mol. The van der Waals surface area contributed by atoms with E-state index in [1.54, 1.807) is 0 Å². The van der Waals surface area contributed by atoms with E-state index in [-0.39, 0.29) is 24.3 Å². The number of carbonyl (C=O) groups excluding carboxylic acids is 3. The summed E-state index contributed by atoms with van der Waals surface area (Å²) in [5, 5.41) is 6.05. The molecular weight excluding hydrogens is 382 g/mol. The second-order valence-electron chi connectivity index (χ2n) is 9.52. The molecule has 0 unspecified atom stereocenters. The highest BCUT2D eigenvalue weighted by molar-refractivity contribution is 5.89. The molecule has 0 spiro atoms. The van der Waals surface area contributed by atoms with Gasteiger partial charge < -0.3 is 21.1 Å². The lowest BCUT2D eigenvalue weighted by atomic mass is 9.47. The van der Waals surface area contributed by atoms with Crippen LogP contribution in [-0.4, -0.2) is 43.0 Å². The summed E-state index contributed by atoms with van der Waals surface area (Å²) < 4.78 is 5.16. The number of rotatable bonds is 7. The molecular formula is C23H31N3O4. The van der Waals surface area contributed by atoms with Gasteiger partial charge in [-0.3, -0.25) is 14.4 Å². The smallest absolute Gasteiger partial charge is 0.311 e. The Morgan fingerprint density at radius 1 is 1.13 bits per heavy atom. The summed E-state index contributed by atoms with van der Waals surface area (Å²) >= 11 is 0. The van der Waals surface area contributed by atoms with Crippen LogP contribution >= 0.6 is 0 Å². The van der Waals surface area contributed by atoms with Crippen LogP contribution in [0.3, 0.4) is 0 Å². The van der Waals surface area contributed by atoms with Crippen molar-refractivity contribution in [2.24, 2.45) is 23.0 Å². The van der Waals surface area contributed by atoms with Crippen molar-refractivity contribution in [1.82, 2.24) is 10.6 Å². The van der Waals surface area contributed by atoms with Gasteiger partial charge in [-0.25, -0.2) is 0 Å². The Balaban J connectivity index is 1.54. The molecule has 4 aliphatic carbocycles. The lowest BCUT2D eigenvalue weighted by Crippen LogP contribution is -2.66. The number of nitrogens with one attached hydrogen (secondary N) is 2. The third kappa shape index (κ3) is 3.95. The van der Waals surface area contributed by atoms with Crippen LogP contribution < -0.4 is 16.4 Å². The van der Waals surface area contributed by atoms with E-state index in [1.165, 1.54) is 7.11 Å². The summed E-state index contributed by atoms with van der Waals surface area (Å²) in [5.74, 6) is 0.145. The van der Waals surface area contributed by atoms with Crippen LogP contribution in [-0.2, 0) is 25.5 Å². The van der Waals surface area contributed by atoms with Crippen molar-refractivity contribution in [3.8, 4) is 0 Å². The fraction of sp³-hybridized carbons (Fsp3) is 0.609. The van der Waals surface area contributed by atoms with E-state index >= 15 is 0 Å². The Labute approximate surface area is 177 Å². The number of hydrogen-bond donors (Lipinski definition) is 3. The average molecular weight is 414 g/mol.